The third-order valence-electron chi connectivity index (χ3n) is 4.54. The van der Waals surface area contributed by atoms with E-state index >= 15 is 4.39 Å². The van der Waals surface area contributed by atoms with Crippen LogP contribution in [0.2, 0.25) is 0 Å². The number of H-pyrrole nitrogens is 1. The topological polar surface area (TPSA) is 45.3 Å². The summed E-state index contributed by atoms with van der Waals surface area (Å²) in [6.07, 6.45) is 0. The number of ether oxygens (including phenoxy) is 1. The van der Waals surface area contributed by atoms with Gasteiger partial charge in [0, 0.05) is 25.0 Å². The Morgan fingerprint density at radius 3 is 2.46 bits per heavy atom. The number of hydrogen-bond acceptors (Lipinski definition) is 2. The summed E-state index contributed by atoms with van der Waals surface area (Å²) >= 11 is 0. The number of nitrogens with one attached hydrogen (secondary N) is 1. The Balaban J connectivity index is 2.37. The number of rotatable bonds is 4. The van der Waals surface area contributed by atoms with Crippen LogP contribution in [-0.2, 0) is 0 Å². The summed E-state index contributed by atoms with van der Waals surface area (Å²) in [5.74, 6) is 0.199. The maximum Gasteiger partial charge on any atom is 0.269 e. The number of carbonyl (C=O) groups is 1. The van der Waals surface area contributed by atoms with Gasteiger partial charge in [-0.2, -0.15) is 0 Å². The largest absolute Gasteiger partial charge is 0.496 e. The average molecular weight is 354 g/mol. The number of fused-ring (bicyclic) bond motifs is 1. The van der Waals surface area contributed by atoms with Crippen molar-refractivity contribution < 1.29 is 13.9 Å². The second kappa shape index (κ2) is 6.83. The summed E-state index contributed by atoms with van der Waals surface area (Å²) in [5, 5.41) is 0.668. The van der Waals surface area contributed by atoms with Crippen LogP contribution in [0.4, 0.5) is 4.39 Å². The molecule has 1 heterocycles. The lowest BCUT2D eigenvalue weighted by Crippen LogP contribution is -2.21. The number of benzene rings is 2. The van der Waals surface area contributed by atoms with Crippen LogP contribution in [0.25, 0.3) is 22.0 Å². The molecular weight excluding hydrogens is 331 g/mol. The van der Waals surface area contributed by atoms with Gasteiger partial charge in [0.1, 0.15) is 11.4 Å². The summed E-state index contributed by atoms with van der Waals surface area (Å²) in [7, 11) is 4.96. The van der Waals surface area contributed by atoms with E-state index in [2.05, 4.69) is 4.98 Å². The molecule has 26 heavy (non-hydrogen) atoms. The Kier molecular flexibility index (Phi) is 4.72. The minimum Gasteiger partial charge on any atom is -0.496 e. The van der Waals surface area contributed by atoms with Crippen molar-refractivity contribution in [2.45, 2.75) is 19.8 Å². The SMILES string of the molecule is COc1ccccc1-c1cc(C(C)C)c(F)c2[nH]c(C(=O)N(C)C)cc12. The highest BCUT2D eigenvalue weighted by atomic mass is 19.1. The van der Waals surface area contributed by atoms with Gasteiger partial charge in [0.05, 0.1) is 12.6 Å². The van der Waals surface area contributed by atoms with Crippen molar-refractivity contribution >= 4 is 16.8 Å². The lowest BCUT2D eigenvalue weighted by molar-refractivity contribution is 0.0823. The van der Waals surface area contributed by atoms with Crippen molar-refractivity contribution in [1.82, 2.24) is 9.88 Å². The molecule has 0 saturated carbocycles. The van der Waals surface area contributed by atoms with Crippen LogP contribution >= 0.6 is 0 Å². The number of amides is 1. The van der Waals surface area contributed by atoms with Gasteiger partial charge < -0.3 is 14.6 Å². The first-order chi connectivity index (χ1) is 12.3. The Morgan fingerprint density at radius 1 is 1.15 bits per heavy atom. The maximum absolute atomic E-state index is 15.1. The zero-order chi connectivity index (χ0) is 19.0. The van der Waals surface area contributed by atoms with Crippen molar-refractivity contribution in [3.8, 4) is 16.9 Å². The maximum atomic E-state index is 15.1. The van der Waals surface area contributed by atoms with Gasteiger partial charge >= 0.3 is 0 Å². The molecule has 0 aliphatic heterocycles. The second-order valence-electron chi connectivity index (χ2n) is 6.85. The molecule has 1 aromatic heterocycles. The highest BCUT2D eigenvalue weighted by Crippen LogP contribution is 2.39. The molecule has 4 nitrogen and oxygen atoms in total. The van der Waals surface area contributed by atoms with E-state index in [1.807, 2.05) is 44.2 Å². The highest BCUT2D eigenvalue weighted by Gasteiger charge is 2.21. The van der Waals surface area contributed by atoms with E-state index in [9.17, 15) is 4.79 Å². The summed E-state index contributed by atoms with van der Waals surface area (Å²) in [6.45, 7) is 3.90. The highest BCUT2D eigenvalue weighted by molar-refractivity contribution is 6.04. The molecule has 1 amide bonds. The monoisotopic (exact) mass is 354 g/mol. The summed E-state index contributed by atoms with van der Waals surface area (Å²) in [4.78, 5) is 16.8. The van der Waals surface area contributed by atoms with Crippen molar-refractivity contribution in [2.75, 3.05) is 21.2 Å². The van der Waals surface area contributed by atoms with Gasteiger partial charge in [-0.05, 0) is 35.2 Å². The normalized spacial score (nSPS) is 11.2. The Hall–Kier alpha value is -2.82. The van der Waals surface area contributed by atoms with Crippen molar-refractivity contribution in [1.29, 1.82) is 0 Å². The average Bonchev–Trinajstić information content (AvgIpc) is 3.07. The van der Waals surface area contributed by atoms with E-state index in [0.717, 1.165) is 11.1 Å². The van der Waals surface area contributed by atoms with Crippen LogP contribution in [0.5, 0.6) is 5.75 Å². The van der Waals surface area contributed by atoms with E-state index in [1.54, 1.807) is 27.3 Å². The quantitative estimate of drug-likeness (QED) is 0.731. The summed E-state index contributed by atoms with van der Waals surface area (Å²) < 4.78 is 20.6. The number of nitrogens with zero attached hydrogens (tertiary/aromatic N) is 1. The second-order valence-corrected chi connectivity index (χ2v) is 6.85. The molecule has 0 atom stereocenters. The number of para-hydroxylation sites is 1. The first-order valence-electron chi connectivity index (χ1n) is 8.55. The molecule has 0 aliphatic carbocycles. The van der Waals surface area contributed by atoms with Gasteiger partial charge in [0.2, 0.25) is 0 Å². The van der Waals surface area contributed by atoms with E-state index < -0.39 is 0 Å². The first-order valence-corrected chi connectivity index (χ1v) is 8.55. The van der Waals surface area contributed by atoms with E-state index in [1.165, 1.54) is 4.90 Å². The molecule has 5 heteroatoms. The minimum absolute atomic E-state index is 0.00385. The fourth-order valence-corrected chi connectivity index (χ4v) is 3.15. The van der Waals surface area contributed by atoms with Gasteiger partial charge in [-0.25, -0.2) is 4.39 Å². The summed E-state index contributed by atoms with van der Waals surface area (Å²) in [6, 6.07) is 11.2. The minimum atomic E-state index is -0.313. The number of halogens is 1. The zero-order valence-electron chi connectivity index (χ0n) is 15.7. The molecule has 136 valence electrons. The number of methoxy groups -OCH3 is 1. The molecule has 2 aromatic carbocycles. The molecule has 0 fully saturated rings. The van der Waals surface area contributed by atoms with Crippen LogP contribution in [0, 0.1) is 5.82 Å². The van der Waals surface area contributed by atoms with Crippen LogP contribution < -0.4 is 4.74 Å². The third-order valence-corrected chi connectivity index (χ3v) is 4.54. The molecule has 0 unspecified atom stereocenters. The fraction of sp³-hybridized carbons (Fsp3) is 0.286. The smallest absolute Gasteiger partial charge is 0.269 e. The summed E-state index contributed by atoms with van der Waals surface area (Å²) in [5.41, 5.74) is 3.02. The molecule has 0 radical (unpaired) electrons. The Bertz CT molecular complexity index is 974. The van der Waals surface area contributed by atoms with E-state index in [0.29, 0.717) is 27.9 Å². The van der Waals surface area contributed by atoms with Crippen LogP contribution in [0.1, 0.15) is 35.8 Å². The van der Waals surface area contributed by atoms with Gasteiger partial charge in [-0.15, -0.1) is 0 Å². The Morgan fingerprint density at radius 2 is 1.85 bits per heavy atom. The van der Waals surface area contributed by atoms with Crippen LogP contribution in [0.3, 0.4) is 0 Å². The lowest BCUT2D eigenvalue weighted by atomic mass is 9.93. The Labute approximate surface area is 152 Å². The molecule has 1 N–H and O–H groups in total. The van der Waals surface area contributed by atoms with Gasteiger partial charge in [0.15, 0.2) is 5.82 Å². The van der Waals surface area contributed by atoms with Gasteiger partial charge in [-0.3, -0.25) is 4.79 Å². The zero-order valence-corrected chi connectivity index (χ0v) is 15.7. The van der Waals surface area contributed by atoms with Gasteiger partial charge in [0.25, 0.3) is 5.91 Å². The molecule has 0 aliphatic rings. The van der Waals surface area contributed by atoms with Crippen molar-refractivity contribution in [2.24, 2.45) is 0 Å². The number of hydrogen-bond donors (Lipinski definition) is 1. The van der Waals surface area contributed by atoms with E-state index in [4.69, 9.17) is 4.74 Å². The third kappa shape index (κ3) is 2.94. The van der Waals surface area contributed by atoms with Crippen LogP contribution in [0.15, 0.2) is 36.4 Å². The lowest BCUT2D eigenvalue weighted by Gasteiger charge is -2.14. The number of aromatic amines is 1. The molecular formula is C21H23FN2O2. The van der Waals surface area contributed by atoms with E-state index in [-0.39, 0.29) is 17.6 Å². The van der Waals surface area contributed by atoms with Crippen LogP contribution in [-0.4, -0.2) is 37.0 Å². The first kappa shape index (κ1) is 18.0. The van der Waals surface area contributed by atoms with Gasteiger partial charge in [-0.1, -0.05) is 32.0 Å². The molecule has 3 aromatic rings. The number of carbonyl (C=O) groups excluding carboxylic acids is 1. The predicted molar refractivity (Wildman–Crippen MR) is 102 cm³/mol. The number of aromatic nitrogens is 1. The molecule has 0 saturated heterocycles. The van der Waals surface area contributed by atoms with Crippen molar-refractivity contribution in [3.63, 3.8) is 0 Å². The fourth-order valence-electron chi connectivity index (χ4n) is 3.15. The van der Waals surface area contributed by atoms with Crippen molar-refractivity contribution in [3.05, 3.63) is 53.5 Å². The predicted octanol–water partition coefficient (Wildman–Crippen LogP) is 4.81. The molecule has 0 spiro atoms. The standard InChI is InChI=1S/C21H23FN2O2/c1-12(2)14-10-15(13-8-6-7-9-18(13)26-5)16-11-17(21(25)24(3)4)23-20(16)19(14)22/h6-12,23H,1-5H3. The molecule has 3 rings (SSSR count). The molecule has 0 bridgehead atoms.